The maximum Gasteiger partial charge on any atom is 0.181 e. The van der Waals surface area contributed by atoms with E-state index in [1.807, 2.05) is 13.8 Å². The topological polar surface area (TPSA) is 50.7 Å². The van der Waals surface area contributed by atoms with Crippen LogP contribution in [0.4, 0.5) is 5.82 Å². The summed E-state index contributed by atoms with van der Waals surface area (Å²) in [5, 5.41) is 4.24. The molecule has 6 heteroatoms. The van der Waals surface area contributed by atoms with E-state index in [0.717, 1.165) is 30.0 Å². The Balaban J connectivity index is 2.48. The Kier molecular flexibility index (Phi) is 4.78. The Morgan fingerprint density at radius 3 is 2.60 bits per heavy atom. The quantitative estimate of drug-likeness (QED) is 0.915. The number of nitrogens with one attached hydrogen (secondary N) is 1. The van der Waals surface area contributed by atoms with Crippen LogP contribution in [-0.4, -0.2) is 21.5 Å². The van der Waals surface area contributed by atoms with Gasteiger partial charge >= 0.3 is 0 Å². The van der Waals surface area contributed by atoms with Crippen molar-refractivity contribution in [2.24, 2.45) is 0 Å². The molecule has 0 fully saturated rings. The molecule has 1 N–H and O–H groups in total. The summed E-state index contributed by atoms with van der Waals surface area (Å²) in [6.07, 6.45) is 2.57. The van der Waals surface area contributed by atoms with Crippen LogP contribution in [0.5, 0.6) is 0 Å². The molecule has 0 aliphatic heterocycles. The lowest BCUT2D eigenvalue weighted by molar-refractivity contribution is 0.953. The van der Waals surface area contributed by atoms with Crippen LogP contribution >= 0.6 is 23.2 Å². The minimum absolute atomic E-state index is 0.446. The minimum Gasteiger partial charge on any atom is -0.370 e. The average molecular weight is 311 g/mol. The number of hydrogen-bond donors (Lipinski definition) is 1. The summed E-state index contributed by atoms with van der Waals surface area (Å²) in [5.74, 6) is 1.33. The molecule has 0 unspecified atom stereocenters. The molecule has 106 valence electrons. The van der Waals surface area contributed by atoms with Crippen molar-refractivity contribution in [1.29, 1.82) is 0 Å². The van der Waals surface area contributed by atoms with Gasteiger partial charge in [-0.3, -0.25) is 0 Å². The van der Waals surface area contributed by atoms with Gasteiger partial charge in [-0.15, -0.1) is 0 Å². The molecule has 2 aromatic rings. The summed E-state index contributed by atoms with van der Waals surface area (Å²) in [6.45, 7) is 6.91. The van der Waals surface area contributed by atoms with E-state index in [1.54, 1.807) is 12.3 Å². The van der Waals surface area contributed by atoms with E-state index >= 15 is 0 Å². The Labute approximate surface area is 128 Å². The highest BCUT2D eigenvalue weighted by Gasteiger charge is 2.13. The fourth-order valence-electron chi connectivity index (χ4n) is 1.73. The number of pyridine rings is 1. The maximum atomic E-state index is 6.17. The van der Waals surface area contributed by atoms with Crippen LogP contribution in [0.1, 0.15) is 24.6 Å². The fourth-order valence-corrected chi connectivity index (χ4v) is 2.19. The SMILES string of the molecule is CCCNc1nc(-c2ncc(Cl)cc2Cl)nc(C)c1C. The lowest BCUT2D eigenvalue weighted by atomic mass is 10.2. The molecule has 2 aromatic heterocycles. The number of aryl methyl sites for hydroxylation is 1. The molecule has 20 heavy (non-hydrogen) atoms. The first-order chi connectivity index (χ1) is 9.52. The Bertz CT molecular complexity index is 629. The smallest absolute Gasteiger partial charge is 0.181 e. The van der Waals surface area contributed by atoms with E-state index in [-0.39, 0.29) is 0 Å². The lowest BCUT2D eigenvalue weighted by Crippen LogP contribution is -2.08. The van der Waals surface area contributed by atoms with Gasteiger partial charge in [0.15, 0.2) is 5.82 Å². The zero-order valence-corrected chi connectivity index (χ0v) is 13.2. The second-order valence-electron chi connectivity index (χ2n) is 4.52. The molecule has 0 radical (unpaired) electrons. The first kappa shape index (κ1) is 15.0. The fraction of sp³-hybridized carbons (Fsp3) is 0.357. The van der Waals surface area contributed by atoms with E-state index in [1.165, 1.54) is 0 Å². The van der Waals surface area contributed by atoms with Crippen LogP contribution in [0.15, 0.2) is 12.3 Å². The van der Waals surface area contributed by atoms with Crippen LogP contribution in [0.2, 0.25) is 10.0 Å². The molecule has 0 saturated heterocycles. The largest absolute Gasteiger partial charge is 0.370 e. The van der Waals surface area contributed by atoms with E-state index in [9.17, 15) is 0 Å². The normalized spacial score (nSPS) is 10.7. The van der Waals surface area contributed by atoms with Gasteiger partial charge in [-0.1, -0.05) is 30.1 Å². The van der Waals surface area contributed by atoms with Gasteiger partial charge in [0.05, 0.1) is 10.0 Å². The van der Waals surface area contributed by atoms with Gasteiger partial charge < -0.3 is 5.32 Å². The van der Waals surface area contributed by atoms with E-state index in [2.05, 4.69) is 27.2 Å². The zero-order chi connectivity index (χ0) is 14.7. The number of anilines is 1. The molecule has 4 nitrogen and oxygen atoms in total. The van der Waals surface area contributed by atoms with E-state index < -0.39 is 0 Å². The average Bonchev–Trinajstić information content (AvgIpc) is 2.40. The molecule has 0 aliphatic carbocycles. The molecule has 0 bridgehead atoms. The number of nitrogens with zero attached hydrogens (tertiary/aromatic N) is 3. The number of hydrogen-bond acceptors (Lipinski definition) is 4. The summed E-state index contributed by atoms with van der Waals surface area (Å²) in [5.41, 5.74) is 2.48. The number of rotatable bonds is 4. The number of aromatic nitrogens is 3. The molecule has 0 saturated carbocycles. The molecule has 0 atom stereocenters. The molecule has 0 aromatic carbocycles. The molecule has 2 heterocycles. The van der Waals surface area contributed by atoms with Gasteiger partial charge in [-0.25, -0.2) is 15.0 Å². The number of halogens is 2. The lowest BCUT2D eigenvalue weighted by Gasteiger charge is -2.12. The molecular weight excluding hydrogens is 295 g/mol. The third-order valence-corrected chi connectivity index (χ3v) is 3.45. The summed E-state index contributed by atoms with van der Waals surface area (Å²) in [4.78, 5) is 13.2. The van der Waals surface area contributed by atoms with Crippen LogP contribution in [-0.2, 0) is 0 Å². The summed E-state index contributed by atoms with van der Waals surface area (Å²) >= 11 is 12.0. The monoisotopic (exact) mass is 310 g/mol. The van der Waals surface area contributed by atoms with Crippen molar-refractivity contribution in [3.8, 4) is 11.5 Å². The highest BCUT2D eigenvalue weighted by atomic mass is 35.5. The van der Waals surface area contributed by atoms with E-state index in [0.29, 0.717) is 21.6 Å². The van der Waals surface area contributed by atoms with Crippen LogP contribution < -0.4 is 5.32 Å². The molecule has 0 spiro atoms. The summed E-state index contributed by atoms with van der Waals surface area (Å²) < 4.78 is 0. The summed E-state index contributed by atoms with van der Waals surface area (Å²) in [7, 11) is 0. The summed E-state index contributed by atoms with van der Waals surface area (Å²) in [6, 6.07) is 1.64. The van der Waals surface area contributed by atoms with Crippen molar-refractivity contribution >= 4 is 29.0 Å². The van der Waals surface area contributed by atoms with Gasteiger partial charge in [0.1, 0.15) is 11.5 Å². The Morgan fingerprint density at radius 2 is 1.95 bits per heavy atom. The van der Waals surface area contributed by atoms with Crippen LogP contribution in [0.3, 0.4) is 0 Å². The molecule has 2 rings (SSSR count). The Morgan fingerprint density at radius 1 is 1.20 bits per heavy atom. The second kappa shape index (κ2) is 6.37. The predicted molar refractivity (Wildman–Crippen MR) is 83.5 cm³/mol. The van der Waals surface area contributed by atoms with Crippen molar-refractivity contribution < 1.29 is 0 Å². The van der Waals surface area contributed by atoms with Gasteiger partial charge in [0.25, 0.3) is 0 Å². The standard InChI is InChI=1S/C14H16Cl2N4/c1-4-5-17-13-8(2)9(3)19-14(20-13)12-11(16)6-10(15)7-18-12/h6-7H,4-5H2,1-3H3,(H,17,19,20). The maximum absolute atomic E-state index is 6.17. The predicted octanol–water partition coefficient (Wildman–Crippen LogP) is 4.28. The van der Waals surface area contributed by atoms with Crippen molar-refractivity contribution in [2.75, 3.05) is 11.9 Å². The van der Waals surface area contributed by atoms with Crippen molar-refractivity contribution in [3.05, 3.63) is 33.6 Å². The van der Waals surface area contributed by atoms with Crippen LogP contribution in [0, 0.1) is 13.8 Å². The molecular formula is C14H16Cl2N4. The zero-order valence-electron chi connectivity index (χ0n) is 11.7. The van der Waals surface area contributed by atoms with Crippen molar-refractivity contribution in [3.63, 3.8) is 0 Å². The minimum atomic E-state index is 0.446. The Hall–Kier alpha value is -1.39. The van der Waals surface area contributed by atoms with Crippen LogP contribution in [0.25, 0.3) is 11.5 Å². The van der Waals surface area contributed by atoms with Gasteiger partial charge in [0, 0.05) is 24.0 Å². The van der Waals surface area contributed by atoms with Crippen molar-refractivity contribution in [1.82, 2.24) is 15.0 Å². The van der Waals surface area contributed by atoms with Gasteiger partial charge in [-0.05, 0) is 26.3 Å². The molecule has 0 aliphatic rings. The van der Waals surface area contributed by atoms with Gasteiger partial charge in [0.2, 0.25) is 0 Å². The first-order valence-electron chi connectivity index (χ1n) is 6.43. The third kappa shape index (κ3) is 3.19. The third-order valence-electron chi connectivity index (χ3n) is 2.95. The van der Waals surface area contributed by atoms with E-state index in [4.69, 9.17) is 23.2 Å². The highest BCUT2D eigenvalue weighted by Crippen LogP contribution is 2.27. The highest BCUT2D eigenvalue weighted by molar-refractivity contribution is 6.35. The van der Waals surface area contributed by atoms with Gasteiger partial charge in [-0.2, -0.15) is 0 Å². The van der Waals surface area contributed by atoms with Crippen molar-refractivity contribution in [2.45, 2.75) is 27.2 Å². The molecule has 0 amide bonds. The first-order valence-corrected chi connectivity index (χ1v) is 7.19. The second-order valence-corrected chi connectivity index (χ2v) is 5.36.